The van der Waals surface area contributed by atoms with Gasteiger partial charge in [-0.3, -0.25) is 4.79 Å². The van der Waals surface area contributed by atoms with Crippen molar-refractivity contribution in [1.82, 2.24) is 13.9 Å². The first-order valence-corrected chi connectivity index (χ1v) is 9.99. The van der Waals surface area contributed by atoms with Gasteiger partial charge in [0.25, 0.3) is 10.0 Å². The molecule has 1 amide bonds. The van der Waals surface area contributed by atoms with Gasteiger partial charge in [0.2, 0.25) is 5.91 Å². The molecule has 1 aromatic heterocycles. The largest absolute Gasteiger partial charge is 0.497 e. The molecule has 1 saturated heterocycles. The molecule has 1 fully saturated rings. The van der Waals surface area contributed by atoms with Crippen molar-refractivity contribution in [2.24, 2.45) is 0 Å². The lowest BCUT2D eigenvalue weighted by atomic mass is 10.2. The predicted octanol–water partition coefficient (Wildman–Crippen LogP) is 0.560. The van der Waals surface area contributed by atoms with Gasteiger partial charge in [0.1, 0.15) is 18.0 Å². The SMILES string of the molecule is COc1cc(NC(=O)Cn2cnc(S(=O)(=O)N3CCOCC3)c2)cc(OC)c1. The van der Waals surface area contributed by atoms with Crippen molar-refractivity contribution >= 4 is 21.6 Å². The van der Waals surface area contributed by atoms with Gasteiger partial charge in [-0.1, -0.05) is 0 Å². The number of nitrogens with zero attached hydrogens (tertiary/aromatic N) is 3. The van der Waals surface area contributed by atoms with Gasteiger partial charge in [-0.05, 0) is 0 Å². The maximum atomic E-state index is 12.6. The summed E-state index contributed by atoms with van der Waals surface area (Å²) in [5.74, 6) is 0.732. The highest BCUT2D eigenvalue weighted by molar-refractivity contribution is 7.89. The van der Waals surface area contributed by atoms with Gasteiger partial charge in [0, 0.05) is 43.2 Å². The van der Waals surface area contributed by atoms with E-state index in [2.05, 4.69) is 10.3 Å². The highest BCUT2D eigenvalue weighted by Crippen LogP contribution is 2.25. The summed E-state index contributed by atoms with van der Waals surface area (Å²) in [6.45, 7) is 1.19. The fraction of sp³-hybridized carbons (Fsp3) is 0.412. The fourth-order valence-electron chi connectivity index (χ4n) is 2.72. The van der Waals surface area contributed by atoms with E-state index < -0.39 is 10.0 Å². The molecule has 0 spiro atoms. The van der Waals surface area contributed by atoms with E-state index in [4.69, 9.17) is 14.2 Å². The molecule has 3 rings (SSSR count). The van der Waals surface area contributed by atoms with E-state index in [1.165, 1.54) is 35.6 Å². The predicted molar refractivity (Wildman–Crippen MR) is 100.0 cm³/mol. The quantitative estimate of drug-likeness (QED) is 0.710. The molecule has 0 saturated carbocycles. The number of hydrogen-bond donors (Lipinski definition) is 1. The molecule has 2 aromatic rings. The van der Waals surface area contributed by atoms with Crippen LogP contribution >= 0.6 is 0 Å². The number of hydrogen-bond acceptors (Lipinski definition) is 7. The minimum Gasteiger partial charge on any atom is -0.497 e. The summed E-state index contributed by atoms with van der Waals surface area (Å²) < 4.78 is 43.4. The number of sulfonamides is 1. The highest BCUT2D eigenvalue weighted by Gasteiger charge is 2.28. The third-order valence-corrected chi connectivity index (χ3v) is 5.93. The smallest absolute Gasteiger partial charge is 0.262 e. The number of methoxy groups -OCH3 is 2. The molecule has 28 heavy (non-hydrogen) atoms. The number of amides is 1. The lowest BCUT2D eigenvalue weighted by molar-refractivity contribution is -0.116. The molecule has 1 aliphatic rings. The molecule has 1 N–H and O–H groups in total. The van der Waals surface area contributed by atoms with E-state index >= 15 is 0 Å². The summed E-state index contributed by atoms with van der Waals surface area (Å²) in [6, 6.07) is 5.00. The summed E-state index contributed by atoms with van der Waals surface area (Å²) in [5.41, 5.74) is 0.502. The Bertz CT molecular complexity index is 915. The average molecular weight is 410 g/mol. The van der Waals surface area contributed by atoms with Gasteiger partial charge >= 0.3 is 0 Å². The first-order valence-electron chi connectivity index (χ1n) is 8.55. The number of benzene rings is 1. The second-order valence-electron chi connectivity index (χ2n) is 6.05. The van der Waals surface area contributed by atoms with Crippen molar-refractivity contribution < 1.29 is 27.4 Å². The highest BCUT2D eigenvalue weighted by atomic mass is 32.2. The van der Waals surface area contributed by atoms with Crippen LogP contribution in [-0.4, -0.2) is 68.7 Å². The Hall–Kier alpha value is -2.63. The van der Waals surface area contributed by atoms with Crippen molar-refractivity contribution in [2.75, 3.05) is 45.8 Å². The summed E-state index contributed by atoms with van der Waals surface area (Å²) in [6.07, 6.45) is 2.66. The van der Waals surface area contributed by atoms with E-state index in [0.717, 1.165) is 0 Å². The van der Waals surface area contributed by atoms with Crippen LogP contribution in [0.15, 0.2) is 35.7 Å². The Morgan fingerprint density at radius 3 is 2.43 bits per heavy atom. The lowest BCUT2D eigenvalue weighted by Crippen LogP contribution is -2.40. The molecule has 10 nitrogen and oxygen atoms in total. The van der Waals surface area contributed by atoms with E-state index in [1.54, 1.807) is 18.2 Å². The Morgan fingerprint density at radius 2 is 1.82 bits per heavy atom. The summed E-state index contributed by atoms with van der Waals surface area (Å²) in [5, 5.41) is 2.63. The molecular formula is C17H22N4O6S. The van der Waals surface area contributed by atoms with Gasteiger partial charge in [-0.15, -0.1) is 0 Å². The van der Waals surface area contributed by atoms with Gasteiger partial charge in [-0.25, -0.2) is 13.4 Å². The van der Waals surface area contributed by atoms with Crippen molar-refractivity contribution in [3.05, 3.63) is 30.7 Å². The maximum Gasteiger partial charge on any atom is 0.262 e. The standard InChI is InChI=1S/C17H22N4O6S/c1-25-14-7-13(8-15(9-14)26-2)19-16(22)10-20-11-17(18-12-20)28(23,24)21-3-5-27-6-4-21/h7-9,11-12H,3-6,10H2,1-2H3,(H,19,22). The topological polar surface area (TPSA) is 112 Å². The van der Waals surface area contributed by atoms with Crippen LogP contribution in [0.5, 0.6) is 11.5 Å². The van der Waals surface area contributed by atoms with Crippen molar-refractivity contribution in [1.29, 1.82) is 0 Å². The monoisotopic (exact) mass is 410 g/mol. The Labute approximate surface area is 163 Å². The van der Waals surface area contributed by atoms with Crippen molar-refractivity contribution in [2.45, 2.75) is 11.6 Å². The summed E-state index contributed by atoms with van der Waals surface area (Å²) in [7, 11) is -0.665. The third-order valence-electron chi connectivity index (χ3n) is 4.15. The van der Waals surface area contributed by atoms with Crippen LogP contribution in [0.2, 0.25) is 0 Å². The molecule has 0 atom stereocenters. The summed E-state index contributed by atoms with van der Waals surface area (Å²) >= 11 is 0. The van der Waals surface area contributed by atoms with Crippen LogP contribution in [0.25, 0.3) is 0 Å². The molecule has 0 radical (unpaired) electrons. The van der Waals surface area contributed by atoms with Gasteiger partial charge in [0.05, 0.1) is 33.8 Å². The first-order chi connectivity index (χ1) is 13.4. The van der Waals surface area contributed by atoms with Crippen LogP contribution in [0.4, 0.5) is 5.69 Å². The molecule has 11 heteroatoms. The fourth-order valence-corrected chi connectivity index (χ4v) is 4.07. The number of anilines is 1. The number of carbonyl (C=O) groups is 1. The molecule has 0 aliphatic carbocycles. The lowest BCUT2D eigenvalue weighted by Gasteiger charge is -2.24. The minimum absolute atomic E-state index is 0.0921. The molecular weight excluding hydrogens is 388 g/mol. The molecule has 1 aliphatic heterocycles. The van der Waals surface area contributed by atoms with Gasteiger partial charge in [-0.2, -0.15) is 4.31 Å². The van der Waals surface area contributed by atoms with E-state index in [0.29, 0.717) is 30.4 Å². The Morgan fingerprint density at radius 1 is 1.18 bits per heavy atom. The van der Waals surface area contributed by atoms with E-state index in [-0.39, 0.29) is 30.6 Å². The van der Waals surface area contributed by atoms with Crippen LogP contribution in [-0.2, 0) is 26.1 Å². The second-order valence-corrected chi connectivity index (χ2v) is 7.94. The van der Waals surface area contributed by atoms with E-state index in [9.17, 15) is 13.2 Å². The number of imidazole rings is 1. The average Bonchev–Trinajstić information content (AvgIpc) is 3.17. The number of morpholine rings is 1. The number of ether oxygens (including phenoxy) is 3. The molecule has 0 bridgehead atoms. The van der Waals surface area contributed by atoms with Crippen LogP contribution < -0.4 is 14.8 Å². The minimum atomic E-state index is -3.70. The zero-order chi connectivity index (χ0) is 20.1. The van der Waals surface area contributed by atoms with Crippen LogP contribution in [0.3, 0.4) is 0 Å². The second kappa shape index (κ2) is 8.59. The Balaban J connectivity index is 1.67. The number of nitrogens with one attached hydrogen (secondary N) is 1. The number of carbonyl (C=O) groups excluding carboxylic acids is 1. The molecule has 0 unspecified atom stereocenters. The van der Waals surface area contributed by atoms with Crippen LogP contribution in [0.1, 0.15) is 0 Å². The van der Waals surface area contributed by atoms with Crippen LogP contribution in [0, 0.1) is 0 Å². The van der Waals surface area contributed by atoms with E-state index in [1.807, 2.05) is 0 Å². The number of aromatic nitrogens is 2. The zero-order valence-electron chi connectivity index (χ0n) is 15.6. The van der Waals surface area contributed by atoms with Crippen molar-refractivity contribution in [3.8, 4) is 11.5 Å². The zero-order valence-corrected chi connectivity index (χ0v) is 16.4. The third kappa shape index (κ3) is 4.61. The first kappa shape index (κ1) is 20.1. The Kier molecular flexibility index (Phi) is 6.17. The summed E-state index contributed by atoms with van der Waals surface area (Å²) in [4.78, 5) is 16.3. The van der Waals surface area contributed by atoms with Crippen molar-refractivity contribution in [3.63, 3.8) is 0 Å². The molecule has 152 valence electrons. The molecule has 1 aromatic carbocycles. The maximum absolute atomic E-state index is 12.6. The molecule has 2 heterocycles. The van der Waals surface area contributed by atoms with Gasteiger partial charge < -0.3 is 24.1 Å². The normalized spacial score (nSPS) is 15.2. The number of rotatable bonds is 7. The van der Waals surface area contributed by atoms with Gasteiger partial charge in [0.15, 0.2) is 5.03 Å².